The van der Waals surface area contributed by atoms with Crippen molar-refractivity contribution in [2.75, 3.05) is 19.0 Å². The second kappa shape index (κ2) is 4.19. The summed E-state index contributed by atoms with van der Waals surface area (Å²) in [5.41, 5.74) is 0. The molecule has 0 unspecified atom stereocenters. The Hall–Kier alpha value is -0.0900. The van der Waals surface area contributed by atoms with Gasteiger partial charge in [-0.2, -0.15) is 0 Å². The van der Waals surface area contributed by atoms with Gasteiger partial charge in [0.05, 0.1) is 10.5 Å². The molecule has 1 rings (SSSR count). The highest BCUT2D eigenvalue weighted by atomic mass is 32.2. The third-order valence-electron chi connectivity index (χ3n) is 2.75. The molecule has 3 nitrogen and oxygen atoms in total. The SMILES string of the molecule is CC(C)(C)S(=O)(=O)CC[C@H]1CCOC1. The van der Waals surface area contributed by atoms with E-state index in [1.165, 1.54) is 0 Å². The molecular weight excluding hydrogens is 200 g/mol. The molecular formula is C10H20O3S. The fourth-order valence-corrected chi connectivity index (χ4v) is 2.70. The largest absolute Gasteiger partial charge is 0.381 e. The second-order valence-corrected chi connectivity index (χ2v) is 7.81. The predicted octanol–water partition coefficient (Wildman–Crippen LogP) is 1.63. The van der Waals surface area contributed by atoms with E-state index in [4.69, 9.17) is 4.74 Å². The van der Waals surface area contributed by atoms with Crippen molar-refractivity contribution in [2.24, 2.45) is 5.92 Å². The molecule has 4 heteroatoms. The fourth-order valence-electron chi connectivity index (χ4n) is 1.44. The van der Waals surface area contributed by atoms with Gasteiger partial charge < -0.3 is 4.74 Å². The number of sulfone groups is 1. The molecule has 0 aromatic rings. The first-order valence-corrected chi connectivity index (χ1v) is 6.78. The molecule has 0 N–H and O–H groups in total. The zero-order valence-electron chi connectivity index (χ0n) is 9.25. The van der Waals surface area contributed by atoms with Crippen LogP contribution in [0.15, 0.2) is 0 Å². The fraction of sp³-hybridized carbons (Fsp3) is 1.00. The van der Waals surface area contributed by atoms with Crippen LogP contribution in [-0.2, 0) is 14.6 Å². The van der Waals surface area contributed by atoms with Gasteiger partial charge in [-0.15, -0.1) is 0 Å². The first kappa shape index (κ1) is 12.0. The van der Waals surface area contributed by atoms with Gasteiger partial charge in [-0.1, -0.05) is 0 Å². The van der Waals surface area contributed by atoms with Crippen molar-refractivity contribution in [1.29, 1.82) is 0 Å². The van der Waals surface area contributed by atoms with Gasteiger partial charge in [0.2, 0.25) is 0 Å². The zero-order valence-corrected chi connectivity index (χ0v) is 10.1. The molecule has 1 heterocycles. The Morgan fingerprint density at radius 3 is 2.43 bits per heavy atom. The lowest BCUT2D eigenvalue weighted by molar-refractivity contribution is 0.185. The molecule has 0 amide bonds. The van der Waals surface area contributed by atoms with Crippen LogP contribution in [0.4, 0.5) is 0 Å². The Morgan fingerprint density at radius 2 is 2.00 bits per heavy atom. The normalized spacial score (nSPS) is 24.1. The van der Waals surface area contributed by atoms with E-state index in [1.807, 2.05) is 0 Å². The molecule has 1 fully saturated rings. The van der Waals surface area contributed by atoms with Crippen LogP contribution in [0.1, 0.15) is 33.6 Å². The number of hydrogen-bond acceptors (Lipinski definition) is 3. The van der Waals surface area contributed by atoms with Gasteiger partial charge in [0.25, 0.3) is 0 Å². The summed E-state index contributed by atoms with van der Waals surface area (Å²) < 4.78 is 28.1. The highest BCUT2D eigenvalue weighted by molar-refractivity contribution is 7.92. The topological polar surface area (TPSA) is 43.4 Å². The quantitative estimate of drug-likeness (QED) is 0.726. The number of ether oxygens (including phenoxy) is 1. The molecule has 1 atom stereocenters. The van der Waals surface area contributed by atoms with Crippen LogP contribution >= 0.6 is 0 Å². The summed E-state index contributed by atoms with van der Waals surface area (Å²) in [7, 11) is -2.94. The maximum absolute atomic E-state index is 11.8. The van der Waals surface area contributed by atoms with Crippen molar-refractivity contribution in [3.63, 3.8) is 0 Å². The molecule has 0 saturated carbocycles. The van der Waals surface area contributed by atoms with Gasteiger partial charge in [0, 0.05) is 13.2 Å². The van der Waals surface area contributed by atoms with E-state index < -0.39 is 14.6 Å². The van der Waals surface area contributed by atoms with Gasteiger partial charge in [0.1, 0.15) is 0 Å². The Kier molecular flexibility index (Phi) is 3.58. The molecule has 0 aromatic heterocycles. The summed E-state index contributed by atoms with van der Waals surface area (Å²) >= 11 is 0. The van der Waals surface area contributed by atoms with Crippen LogP contribution < -0.4 is 0 Å². The highest BCUT2D eigenvalue weighted by Gasteiger charge is 2.29. The molecule has 1 aliphatic heterocycles. The van der Waals surface area contributed by atoms with Gasteiger partial charge >= 0.3 is 0 Å². The smallest absolute Gasteiger partial charge is 0.155 e. The minimum Gasteiger partial charge on any atom is -0.381 e. The lowest BCUT2D eigenvalue weighted by Gasteiger charge is -2.19. The van der Waals surface area contributed by atoms with Crippen molar-refractivity contribution in [3.8, 4) is 0 Å². The second-order valence-electron chi connectivity index (χ2n) is 4.95. The number of rotatable bonds is 3. The Morgan fingerprint density at radius 1 is 1.36 bits per heavy atom. The van der Waals surface area contributed by atoms with E-state index in [0.29, 0.717) is 11.7 Å². The molecule has 14 heavy (non-hydrogen) atoms. The van der Waals surface area contributed by atoms with Crippen molar-refractivity contribution in [1.82, 2.24) is 0 Å². The molecule has 84 valence electrons. The van der Waals surface area contributed by atoms with E-state index in [9.17, 15) is 8.42 Å². The Balaban J connectivity index is 2.44. The Bertz CT molecular complexity index is 268. The summed E-state index contributed by atoms with van der Waals surface area (Å²) in [5, 5.41) is 0. The standard InChI is InChI=1S/C10H20O3S/c1-10(2,3)14(11,12)7-5-9-4-6-13-8-9/h9H,4-8H2,1-3H3/t9-/m1/s1. The van der Waals surface area contributed by atoms with Gasteiger partial charge in [-0.25, -0.2) is 8.42 Å². The van der Waals surface area contributed by atoms with Crippen LogP contribution in [0.25, 0.3) is 0 Å². The average molecular weight is 220 g/mol. The van der Waals surface area contributed by atoms with Crippen LogP contribution in [0.3, 0.4) is 0 Å². The molecule has 1 saturated heterocycles. The van der Waals surface area contributed by atoms with Crippen molar-refractivity contribution in [3.05, 3.63) is 0 Å². The molecule has 0 aliphatic carbocycles. The van der Waals surface area contributed by atoms with Crippen molar-refractivity contribution >= 4 is 9.84 Å². The van der Waals surface area contributed by atoms with Gasteiger partial charge in [0.15, 0.2) is 9.84 Å². The summed E-state index contributed by atoms with van der Waals surface area (Å²) in [5.74, 6) is 0.747. The van der Waals surface area contributed by atoms with Crippen molar-refractivity contribution in [2.45, 2.75) is 38.4 Å². The minimum atomic E-state index is -2.94. The van der Waals surface area contributed by atoms with Gasteiger partial charge in [-0.3, -0.25) is 0 Å². The lowest BCUT2D eigenvalue weighted by Crippen LogP contribution is -2.31. The van der Waals surface area contributed by atoms with E-state index in [1.54, 1.807) is 20.8 Å². The van der Waals surface area contributed by atoms with E-state index >= 15 is 0 Å². The summed E-state index contributed by atoms with van der Waals surface area (Å²) in [6.45, 7) is 6.80. The number of hydrogen-bond donors (Lipinski definition) is 0. The Labute approximate surface area is 86.8 Å². The molecule has 1 aliphatic rings. The van der Waals surface area contributed by atoms with Crippen LogP contribution in [0.5, 0.6) is 0 Å². The lowest BCUT2D eigenvalue weighted by atomic mass is 10.1. The molecule has 0 aromatic carbocycles. The van der Waals surface area contributed by atoms with E-state index in [0.717, 1.165) is 26.1 Å². The van der Waals surface area contributed by atoms with Crippen molar-refractivity contribution < 1.29 is 13.2 Å². The third kappa shape index (κ3) is 2.95. The first-order valence-electron chi connectivity index (χ1n) is 5.13. The summed E-state index contributed by atoms with van der Waals surface area (Å²) in [4.78, 5) is 0. The predicted molar refractivity (Wildman–Crippen MR) is 57.1 cm³/mol. The first-order chi connectivity index (χ1) is 6.33. The van der Waals surface area contributed by atoms with E-state index in [-0.39, 0.29) is 0 Å². The third-order valence-corrected chi connectivity index (χ3v) is 5.39. The van der Waals surface area contributed by atoms with Crippen LogP contribution in [-0.4, -0.2) is 32.1 Å². The van der Waals surface area contributed by atoms with Crippen LogP contribution in [0, 0.1) is 5.92 Å². The highest BCUT2D eigenvalue weighted by Crippen LogP contribution is 2.22. The average Bonchev–Trinajstić information content (AvgIpc) is 2.50. The summed E-state index contributed by atoms with van der Waals surface area (Å²) in [6, 6.07) is 0. The summed E-state index contributed by atoms with van der Waals surface area (Å²) in [6.07, 6.45) is 1.76. The molecule has 0 radical (unpaired) electrons. The molecule has 0 spiro atoms. The van der Waals surface area contributed by atoms with Gasteiger partial charge in [-0.05, 0) is 39.5 Å². The monoisotopic (exact) mass is 220 g/mol. The van der Waals surface area contributed by atoms with Crippen LogP contribution in [0.2, 0.25) is 0 Å². The maximum Gasteiger partial charge on any atom is 0.155 e. The molecule has 0 bridgehead atoms. The zero-order chi connectivity index (χ0) is 10.8. The minimum absolute atomic E-state index is 0.296. The van der Waals surface area contributed by atoms with E-state index in [2.05, 4.69) is 0 Å². The maximum atomic E-state index is 11.8.